The van der Waals surface area contributed by atoms with Gasteiger partial charge in [0.15, 0.2) is 11.5 Å². The van der Waals surface area contributed by atoms with Crippen LogP contribution in [0, 0.1) is 0 Å². The van der Waals surface area contributed by atoms with Crippen LogP contribution >= 0.6 is 0 Å². The number of anilines is 1. The highest BCUT2D eigenvalue weighted by molar-refractivity contribution is 6.10. The highest BCUT2D eigenvalue weighted by atomic mass is 16.5. The Morgan fingerprint density at radius 3 is 2.67 bits per heavy atom. The highest BCUT2D eigenvalue weighted by Crippen LogP contribution is 2.31. The lowest BCUT2D eigenvalue weighted by Gasteiger charge is -2.08. The molecule has 0 unspecified atom stereocenters. The number of ether oxygens (including phenoxy) is 1. The van der Waals surface area contributed by atoms with Gasteiger partial charge in [-0.15, -0.1) is 0 Å². The molecule has 0 bridgehead atoms. The number of hydrogen-bond donors (Lipinski definition) is 1. The molecule has 5 nitrogen and oxygen atoms in total. The van der Waals surface area contributed by atoms with Crippen molar-refractivity contribution < 1.29 is 18.7 Å². The van der Waals surface area contributed by atoms with Crippen LogP contribution in [-0.2, 0) is 9.53 Å². The maximum absolute atomic E-state index is 12.0. The molecule has 0 atom stereocenters. The summed E-state index contributed by atoms with van der Waals surface area (Å²) >= 11 is 0. The van der Waals surface area contributed by atoms with Gasteiger partial charge in [0.05, 0.1) is 24.8 Å². The molecule has 0 spiro atoms. The summed E-state index contributed by atoms with van der Waals surface area (Å²) in [5.41, 5.74) is 1.02. The molecule has 1 aromatic heterocycles. The van der Waals surface area contributed by atoms with Gasteiger partial charge >= 0.3 is 0 Å². The third-order valence-corrected chi connectivity index (χ3v) is 2.96. The fourth-order valence-corrected chi connectivity index (χ4v) is 2.01. The molecule has 2 rings (SSSR count). The smallest absolute Gasteiger partial charge is 0.226 e. The number of fused-ring (bicyclic) bond motifs is 1. The standard InChI is InChI=1S/C16H19NO4/c1-10(2)20-9-8-14(19)17-15-12-6-4-5-7-13(12)21-16(15)11(3)18/h4-7,10H,8-9H2,1-3H3,(H,17,19). The van der Waals surface area contributed by atoms with Crippen molar-refractivity contribution in [2.75, 3.05) is 11.9 Å². The van der Waals surface area contributed by atoms with Crippen LogP contribution in [0.25, 0.3) is 11.0 Å². The zero-order valence-electron chi connectivity index (χ0n) is 12.4. The normalized spacial score (nSPS) is 11.0. The Morgan fingerprint density at radius 2 is 2.00 bits per heavy atom. The van der Waals surface area contributed by atoms with Crippen molar-refractivity contribution in [3.05, 3.63) is 30.0 Å². The molecular formula is C16H19NO4. The summed E-state index contributed by atoms with van der Waals surface area (Å²) in [5.74, 6) is -0.251. The minimum Gasteiger partial charge on any atom is -0.451 e. The lowest BCUT2D eigenvalue weighted by molar-refractivity contribution is -0.117. The van der Waals surface area contributed by atoms with Crippen LogP contribution in [0.15, 0.2) is 28.7 Å². The van der Waals surface area contributed by atoms with Gasteiger partial charge in [0.2, 0.25) is 5.91 Å². The Morgan fingerprint density at radius 1 is 1.29 bits per heavy atom. The molecule has 0 aliphatic carbocycles. The first-order chi connectivity index (χ1) is 9.99. The number of hydrogen-bond acceptors (Lipinski definition) is 4. The quantitative estimate of drug-likeness (QED) is 0.828. The number of furan rings is 1. The first kappa shape index (κ1) is 15.3. The first-order valence-electron chi connectivity index (χ1n) is 6.93. The number of amides is 1. The number of para-hydroxylation sites is 1. The fraction of sp³-hybridized carbons (Fsp3) is 0.375. The minimum absolute atomic E-state index is 0.0836. The van der Waals surface area contributed by atoms with Crippen molar-refractivity contribution in [3.8, 4) is 0 Å². The van der Waals surface area contributed by atoms with Crippen LogP contribution in [0.2, 0.25) is 0 Å². The number of benzene rings is 1. The molecule has 0 aliphatic heterocycles. The Balaban J connectivity index is 2.18. The average Bonchev–Trinajstić information content (AvgIpc) is 2.77. The Hall–Kier alpha value is -2.14. The zero-order valence-corrected chi connectivity index (χ0v) is 12.4. The minimum atomic E-state index is -0.222. The predicted molar refractivity (Wildman–Crippen MR) is 80.6 cm³/mol. The van der Waals surface area contributed by atoms with Gasteiger partial charge in [0.1, 0.15) is 5.58 Å². The third kappa shape index (κ3) is 3.70. The number of carbonyl (C=O) groups excluding carboxylic acids is 2. The van der Waals surface area contributed by atoms with Gasteiger partial charge in [-0.05, 0) is 26.0 Å². The van der Waals surface area contributed by atoms with Crippen LogP contribution in [-0.4, -0.2) is 24.4 Å². The van der Waals surface area contributed by atoms with E-state index in [0.717, 1.165) is 5.39 Å². The third-order valence-electron chi connectivity index (χ3n) is 2.96. The molecule has 0 aliphatic rings. The van der Waals surface area contributed by atoms with Crippen molar-refractivity contribution >= 4 is 28.3 Å². The van der Waals surface area contributed by atoms with E-state index >= 15 is 0 Å². The highest BCUT2D eigenvalue weighted by Gasteiger charge is 2.19. The van der Waals surface area contributed by atoms with E-state index in [1.54, 1.807) is 6.07 Å². The second-order valence-electron chi connectivity index (χ2n) is 5.08. The maximum Gasteiger partial charge on any atom is 0.226 e. The summed E-state index contributed by atoms with van der Waals surface area (Å²) in [7, 11) is 0. The van der Waals surface area contributed by atoms with Gasteiger partial charge in [-0.3, -0.25) is 9.59 Å². The molecule has 1 N–H and O–H groups in total. The van der Waals surface area contributed by atoms with E-state index in [1.807, 2.05) is 32.0 Å². The fourth-order valence-electron chi connectivity index (χ4n) is 2.01. The SMILES string of the molecule is CC(=O)c1oc2ccccc2c1NC(=O)CCOC(C)C. The van der Waals surface area contributed by atoms with E-state index < -0.39 is 0 Å². The summed E-state index contributed by atoms with van der Waals surface area (Å²) in [5, 5.41) is 3.48. The zero-order chi connectivity index (χ0) is 15.4. The van der Waals surface area contributed by atoms with E-state index in [0.29, 0.717) is 17.9 Å². The van der Waals surface area contributed by atoms with Crippen LogP contribution < -0.4 is 5.32 Å². The number of Topliss-reactive ketones (excluding diaryl/α,β-unsaturated/α-hetero) is 1. The second kappa shape index (κ2) is 6.54. The summed E-state index contributed by atoms with van der Waals surface area (Å²) in [4.78, 5) is 23.6. The van der Waals surface area contributed by atoms with Crippen LogP contribution in [0.4, 0.5) is 5.69 Å². The van der Waals surface area contributed by atoms with Crippen LogP contribution in [0.5, 0.6) is 0 Å². The van der Waals surface area contributed by atoms with E-state index in [1.165, 1.54) is 6.92 Å². The number of ketones is 1. The van der Waals surface area contributed by atoms with Crippen LogP contribution in [0.1, 0.15) is 37.7 Å². The number of rotatable bonds is 6. The average molecular weight is 289 g/mol. The Labute approximate surface area is 123 Å². The lowest BCUT2D eigenvalue weighted by Crippen LogP contribution is -2.16. The van der Waals surface area contributed by atoms with E-state index in [9.17, 15) is 9.59 Å². The van der Waals surface area contributed by atoms with Gasteiger partial charge in [0.25, 0.3) is 0 Å². The van der Waals surface area contributed by atoms with Crippen molar-refractivity contribution in [3.63, 3.8) is 0 Å². The van der Waals surface area contributed by atoms with E-state index in [-0.39, 0.29) is 30.0 Å². The topological polar surface area (TPSA) is 68.5 Å². The predicted octanol–water partition coefficient (Wildman–Crippen LogP) is 3.39. The molecule has 0 fully saturated rings. The summed E-state index contributed by atoms with van der Waals surface area (Å²) in [6.07, 6.45) is 0.315. The summed E-state index contributed by atoms with van der Waals surface area (Å²) in [6.45, 7) is 5.58. The molecule has 1 amide bonds. The van der Waals surface area contributed by atoms with E-state index in [2.05, 4.69) is 5.32 Å². The van der Waals surface area contributed by atoms with Gasteiger partial charge < -0.3 is 14.5 Å². The summed E-state index contributed by atoms with van der Waals surface area (Å²) in [6, 6.07) is 7.22. The molecule has 21 heavy (non-hydrogen) atoms. The van der Waals surface area contributed by atoms with Crippen molar-refractivity contribution in [1.29, 1.82) is 0 Å². The van der Waals surface area contributed by atoms with Gasteiger partial charge in [-0.2, -0.15) is 0 Å². The molecule has 1 aromatic carbocycles. The molecule has 0 saturated heterocycles. The van der Waals surface area contributed by atoms with E-state index in [4.69, 9.17) is 9.15 Å². The Kier molecular flexibility index (Phi) is 4.75. The lowest BCUT2D eigenvalue weighted by atomic mass is 10.2. The molecule has 0 saturated carbocycles. The van der Waals surface area contributed by atoms with Gasteiger partial charge in [-0.25, -0.2) is 0 Å². The molecular weight excluding hydrogens is 270 g/mol. The first-order valence-corrected chi connectivity index (χ1v) is 6.93. The molecule has 1 heterocycles. The monoisotopic (exact) mass is 289 g/mol. The molecule has 2 aromatic rings. The van der Waals surface area contributed by atoms with Crippen molar-refractivity contribution in [2.24, 2.45) is 0 Å². The van der Waals surface area contributed by atoms with Gasteiger partial charge in [-0.1, -0.05) is 12.1 Å². The Bertz CT molecular complexity index is 657. The molecule has 5 heteroatoms. The van der Waals surface area contributed by atoms with Crippen LogP contribution in [0.3, 0.4) is 0 Å². The number of nitrogens with one attached hydrogen (secondary N) is 1. The largest absolute Gasteiger partial charge is 0.451 e. The summed E-state index contributed by atoms with van der Waals surface area (Å²) < 4.78 is 10.9. The van der Waals surface area contributed by atoms with Crippen molar-refractivity contribution in [2.45, 2.75) is 33.3 Å². The van der Waals surface area contributed by atoms with Gasteiger partial charge in [0, 0.05) is 12.3 Å². The van der Waals surface area contributed by atoms with Crippen molar-refractivity contribution in [1.82, 2.24) is 0 Å². The maximum atomic E-state index is 12.0. The number of carbonyl (C=O) groups is 2. The molecule has 0 radical (unpaired) electrons. The second-order valence-corrected chi connectivity index (χ2v) is 5.08. The molecule has 112 valence electrons.